The van der Waals surface area contributed by atoms with Gasteiger partial charge in [-0.1, -0.05) is 72.4 Å². The molecule has 2 N–H and O–H groups in total. The fraction of sp³-hybridized carbons (Fsp3) is 0.440. The van der Waals surface area contributed by atoms with Crippen LogP contribution in [0.4, 0.5) is 0 Å². The first kappa shape index (κ1) is 15.2. The fourth-order valence-electron chi connectivity index (χ4n) is 7.32. The highest BCUT2D eigenvalue weighted by molar-refractivity contribution is 5.58. The molecule has 1 fully saturated rings. The molecule has 0 aromatic heterocycles. The Labute approximate surface area is 156 Å². The van der Waals surface area contributed by atoms with E-state index in [4.69, 9.17) is 5.73 Å². The maximum atomic E-state index is 6.49. The summed E-state index contributed by atoms with van der Waals surface area (Å²) < 4.78 is 0. The molecule has 7 atom stereocenters. The topological polar surface area (TPSA) is 26.0 Å². The molecule has 0 amide bonds. The van der Waals surface area contributed by atoms with Gasteiger partial charge in [-0.05, 0) is 66.4 Å². The summed E-state index contributed by atoms with van der Waals surface area (Å²) in [4.78, 5) is 0. The molecule has 1 nitrogen and oxygen atoms in total. The van der Waals surface area contributed by atoms with Crippen molar-refractivity contribution >= 4 is 0 Å². The third-order valence-electron chi connectivity index (χ3n) is 8.07. The lowest BCUT2D eigenvalue weighted by molar-refractivity contribution is 0.240. The molecule has 1 saturated carbocycles. The summed E-state index contributed by atoms with van der Waals surface area (Å²) >= 11 is 0. The molecule has 0 radical (unpaired) electrons. The average Bonchev–Trinajstić information content (AvgIpc) is 3.15. The zero-order valence-corrected chi connectivity index (χ0v) is 15.2. The van der Waals surface area contributed by atoms with Gasteiger partial charge in [0.15, 0.2) is 0 Å². The van der Waals surface area contributed by atoms with Crippen LogP contribution in [0.1, 0.15) is 42.7 Å². The van der Waals surface area contributed by atoms with E-state index in [1.165, 1.54) is 19.3 Å². The summed E-state index contributed by atoms with van der Waals surface area (Å²) in [6.45, 7) is 0. The van der Waals surface area contributed by atoms with Crippen molar-refractivity contribution in [3.05, 3.63) is 83.5 Å². The molecule has 0 aliphatic heterocycles. The van der Waals surface area contributed by atoms with Crippen molar-refractivity contribution in [3.8, 4) is 0 Å². The number of fused-ring (bicyclic) bond motifs is 10. The van der Waals surface area contributed by atoms with Crippen LogP contribution in [0, 0.1) is 23.7 Å². The number of rotatable bonds is 0. The summed E-state index contributed by atoms with van der Waals surface area (Å²) in [5.74, 6) is 3.29. The van der Waals surface area contributed by atoms with Crippen molar-refractivity contribution in [2.45, 2.75) is 43.1 Å². The number of allylic oxidation sites excluding steroid dienone is 7. The summed E-state index contributed by atoms with van der Waals surface area (Å²) in [5.41, 5.74) is 11.6. The molecule has 6 rings (SSSR count). The van der Waals surface area contributed by atoms with Gasteiger partial charge in [-0.25, -0.2) is 0 Å². The summed E-state index contributed by atoms with van der Waals surface area (Å²) in [7, 11) is 0. The Bertz CT molecular complexity index is 872. The SMILES string of the molecule is NC1C=C2C(CC1)C1C=CC=CC1C21c2ccccc2C2CC=CCC21. The van der Waals surface area contributed by atoms with Crippen LogP contribution in [-0.2, 0) is 5.41 Å². The minimum atomic E-state index is 0.167. The minimum Gasteiger partial charge on any atom is -0.324 e. The smallest absolute Gasteiger partial charge is 0.0273 e. The molecule has 7 unspecified atom stereocenters. The van der Waals surface area contributed by atoms with Gasteiger partial charge in [0.25, 0.3) is 0 Å². The second-order valence-corrected chi connectivity index (χ2v) is 8.95. The highest BCUT2D eigenvalue weighted by Gasteiger charge is 2.64. The molecular weight excluding hydrogens is 314 g/mol. The fourth-order valence-corrected chi connectivity index (χ4v) is 7.32. The van der Waals surface area contributed by atoms with E-state index in [0.29, 0.717) is 29.6 Å². The predicted molar refractivity (Wildman–Crippen MR) is 107 cm³/mol. The molecule has 1 spiro atoms. The number of benzene rings is 1. The van der Waals surface area contributed by atoms with Gasteiger partial charge >= 0.3 is 0 Å². The van der Waals surface area contributed by atoms with Gasteiger partial charge in [0.05, 0.1) is 0 Å². The maximum Gasteiger partial charge on any atom is 0.0273 e. The van der Waals surface area contributed by atoms with Gasteiger partial charge < -0.3 is 5.73 Å². The van der Waals surface area contributed by atoms with E-state index in [0.717, 1.165) is 6.42 Å². The molecule has 132 valence electrons. The average molecular weight is 341 g/mol. The largest absolute Gasteiger partial charge is 0.324 e. The van der Waals surface area contributed by atoms with Crippen LogP contribution < -0.4 is 5.73 Å². The van der Waals surface area contributed by atoms with Gasteiger partial charge in [-0.3, -0.25) is 0 Å². The second-order valence-electron chi connectivity index (χ2n) is 8.95. The van der Waals surface area contributed by atoms with Crippen molar-refractivity contribution in [2.24, 2.45) is 29.4 Å². The monoisotopic (exact) mass is 341 g/mol. The molecule has 5 aliphatic carbocycles. The van der Waals surface area contributed by atoms with E-state index in [1.807, 2.05) is 0 Å². The van der Waals surface area contributed by atoms with Crippen LogP contribution in [0.15, 0.2) is 72.4 Å². The molecule has 26 heavy (non-hydrogen) atoms. The van der Waals surface area contributed by atoms with E-state index < -0.39 is 0 Å². The van der Waals surface area contributed by atoms with E-state index in [-0.39, 0.29) is 11.5 Å². The first-order valence-corrected chi connectivity index (χ1v) is 10.4. The van der Waals surface area contributed by atoms with Crippen LogP contribution >= 0.6 is 0 Å². The van der Waals surface area contributed by atoms with Crippen molar-refractivity contribution in [3.63, 3.8) is 0 Å². The van der Waals surface area contributed by atoms with Crippen LogP contribution in [0.3, 0.4) is 0 Å². The molecule has 1 heteroatoms. The van der Waals surface area contributed by atoms with Crippen LogP contribution in [0.2, 0.25) is 0 Å². The standard InChI is InChI=1S/C25H27N/c26-16-13-14-20-19-9-3-6-12-23(19)25(24(20)15-16)21-10-4-1-7-17(21)18-8-2-5-11-22(18)25/h1-7,9-10,12,15-16,18-20,22-23H,8,11,13-14,26H2. The Morgan fingerprint density at radius 1 is 0.923 bits per heavy atom. The van der Waals surface area contributed by atoms with E-state index in [9.17, 15) is 0 Å². The number of hydrogen-bond donors (Lipinski definition) is 1. The van der Waals surface area contributed by atoms with Crippen molar-refractivity contribution in [1.29, 1.82) is 0 Å². The lowest BCUT2D eigenvalue weighted by atomic mass is 9.60. The first-order chi connectivity index (χ1) is 12.8. The van der Waals surface area contributed by atoms with E-state index in [1.54, 1.807) is 16.7 Å². The molecule has 5 aliphatic rings. The summed E-state index contributed by atoms with van der Waals surface area (Å²) in [6.07, 6.45) is 21.8. The van der Waals surface area contributed by atoms with Gasteiger partial charge in [-0.15, -0.1) is 0 Å². The van der Waals surface area contributed by atoms with E-state index in [2.05, 4.69) is 66.8 Å². The van der Waals surface area contributed by atoms with Crippen molar-refractivity contribution in [2.75, 3.05) is 0 Å². The minimum absolute atomic E-state index is 0.167. The highest BCUT2D eigenvalue weighted by atomic mass is 14.7. The zero-order valence-electron chi connectivity index (χ0n) is 15.2. The predicted octanol–water partition coefficient (Wildman–Crippen LogP) is 5.02. The van der Waals surface area contributed by atoms with Crippen LogP contribution in [0.25, 0.3) is 0 Å². The third kappa shape index (κ3) is 1.71. The Kier molecular flexibility index (Phi) is 3.12. The number of nitrogens with two attached hydrogens (primary N) is 1. The summed E-state index contributed by atoms with van der Waals surface area (Å²) in [6, 6.07) is 9.60. The van der Waals surface area contributed by atoms with Gasteiger partial charge in [0.1, 0.15) is 0 Å². The van der Waals surface area contributed by atoms with Crippen molar-refractivity contribution in [1.82, 2.24) is 0 Å². The highest BCUT2D eigenvalue weighted by Crippen LogP contribution is 2.70. The lowest BCUT2D eigenvalue weighted by Crippen LogP contribution is -2.40. The van der Waals surface area contributed by atoms with E-state index >= 15 is 0 Å². The third-order valence-corrected chi connectivity index (χ3v) is 8.07. The first-order valence-electron chi connectivity index (χ1n) is 10.4. The van der Waals surface area contributed by atoms with Crippen LogP contribution in [-0.4, -0.2) is 6.04 Å². The zero-order chi connectivity index (χ0) is 17.3. The molecular formula is C25H27N. The normalized spacial score (nSPS) is 44.4. The number of hydrogen-bond acceptors (Lipinski definition) is 1. The quantitative estimate of drug-likeness (QED) is 0.659. The van der Waals surface area contributed by atoms with Crippen LogP contribution in [0.5, 0.6) is 0 Å². The molecule has 0 bridgehead atoms. The molecule has 1 aromatic rings. The molecule has 0 heterocycles. The second kappa shape index (κ2) is 5.33. The Balaban J connectivity index is 1.67. The Morgan fingerprint density at radius 3 is 2.73 bits per heavy atom. The van der Waals surface area contributed by atoms with Gasteiger partial charge in [0, 0.05) is 11.5 Å². The van der Waals surface area contributed by atoms with Gasteiger partial charge in [0.2, 0.25) is 0 Å². The Morgan fingerprint density at radius 2 is 1.77 bits per heavy atom. The van der Waals surface area contributed by atoms with Crippen molar-refractivity contribution < 1.29 is 0 Å². The molecule has 1 aromatic carbocycles. The van der Waals surface area contributed by atoms with Gasteiger partial charge in [-0.2, -0.15) is 0 Å². The maximum absolute atomic E-state index is 6.49. The lowest BCUT2D eigenvalue weighted by Gasteiger charge is -2.43. The summed E-state index contributed by atoms with van der Waals surface area (Å²) in [5, 5.41) is 0. The Hall–Kier alpha value is -1.86. The molecule has 0 saturated heterocycles.